The molecule has 1 amide bonds. The summed E-state index contributed by atoms with van der Waals surface area (Å²) in [6.07, 6.45) is 3.81. The van der Waals surface area contributed by atoms with Gasteiger partial charge in [-0.3, -0.25) is 4.79 Å². The van der Waals surface area contributed by atoms with Gasteiger partial charge in [-0.05, 0) is 42.7 Å². The summed E-state index contributed by atoms with van der Waals surface area (Å²) >= 11 is 0. The minimum atomic E-state index is -0.442. The van der Waals surface area contributed by atoms with Crippen LogP contribution in [0.1, 0.15) is 42.6 Å². The number of hydrazone groups is 1. The highest BCUT2D eigenvalue weighted by Crippen LogP contribution is 2.16. The van der Waals surface area contributed by atoms with Gasteiger partial charge in [0.25, 0.3) is 5.91 Å². The number of carbonyl (C=O) groups excluding carboxylic acids is 1. The van der Waals surface area contributed by atoms with Crippen LogP contribution < -0.4 is 10.3 Å². The Morgan fingerprint density at radius 1 is 1.08 bits per heavy atom. The summed E-state index contributed by atoms with van der Waals surface area (Å²) in [5, 5.41) is 13.6. The van der Waals surface area contributed by atoms with Crippen molar-refractivity contribution in [1.82, 2.24) is 5.43 Å². The molecule has 0 fully saturated rings. The molecule has 0 saturated carbocycles. The first-order chi connectivity index (χ1) is 12.2. The number of amides is 1. The number of hydrogen-bond donors (Lipinski definition) is 2. The Labute approximate surface area is 149 Å². The topological polar surface area (TPSA) is 64.9 Å². The fourth-order valence-electron chi connectivity index (χ4n) is 2.57. The highest BCUT2D eigenvalue weighted by Gasteiger charge is 2.08. The molecule has 132 valence electrons. The van der Waals surface area contributed by atoms with E-state index in [0.29, 0.717) is 0 Å². The zero-order valence-corrected chi connectivity index (χ0v) is 14.8. The fraction of sp³-hybridized carbons (Fsp3) is 0.300. The first-order valence-corrected chi connectivity index (χ1v) is 8.62. The number of para-hydroxylation sites is 1. The minimum Gasteiger partial charge on any atom is -0.507 e. The summed E-state index contributed by atoms with van der Waals surface area (Å²) in [4.78, 5) is 14.3. The van der Waals surface area contributed by atoms with Gasteiger partial charge in [-0.25, -0.2) is 5.43 Å². The molecule has 0 aromatic heterocycles. The molecule has 2 N–H and O–H groups in total. The molecule has 0 aliphatic carbocycles. The van der Waals surface area contributed by atoms with Crippen LogP contribution in [-0.4, -0.2) is 30.3 Å². The van der Waals surface area contributed by atoms with Crippen LogP contribution in [0.2, 0.25) is 0 Å². The molecule has 0 atom stereocenters. The van der Waals surface area contributed by atoms with Gasteiger partial charge in [0, 0.05) is 18.8 Å². The molecule has 2 rings (SSSR count). The van der Waals surface area contributed by atoms with Gasteiger partial charge < -0.3 is 10.0 Å². The number of phenols is 1. The lowest BCUT2D eigenvalue weighted by molar-refractivity contribution is 0.0952. The lowest BCUT2D eigenvalue weighted by Crippen LogP contribution is -2.24. The molecular formula is C20H25N3O2. The van der Waals surface area contributed by atoms with E-state index in [1.165, 1.54) is 11.8 Å². The van der Waals surface area contributed by atoms with Crippen LogP contribution >= 0.6 is 0 Å². The Balaban J connectivity index is 1.97. The van der Waals surface area contributed by atoms with E-state index in [9.17, 15) is 9.90 Å². The smallest absolute Gasteiger partial charge is 0.275 e. The van der Waals surface area contributed by atoms with Crippen LogP contribution in [0.5, 0.6) is 5.75 Å². The molecule has 2 aromatic carbocycles. The first-order valence-electron chi connectivity index (χ1n) is 8.62. The maximum atomic E-state index is 12.0. The molecule has 5 nitrogen and oxygen atoms in total. The molecule has 0 spiro atoms. The number of carbonyl (C=O) groups is 1. The number of phenolic OH excluding ortho intramolecular Hbond substituents is 1. The summed E-state index contributed by atoms with van der Waals surface area (Å²) in [5.41, 5.74) is 4.72. The van der Waals surface area contributed by atoms with Gasteiger partial charge in [0.05, 0.1) is 11.8 Å². The maximum Gasteiger partial charge on any atom is 0.275 e. The van der Waals surface area contributed by atoms with Gasteiger partial charge in [0.1, 0.15) is 5.75 Å². The van der Waals surface area contributed by atoms with Crippen LogP contribution in [0.4, 0.5) is 5.69 Å². The number of hydrogen-bond acceptors (Lipinski definition) is 4. The highest BCUT2D eigenvalue weighted by molar-refractivity contribution is 5.97. The Bertz CT molecular complexity index is 705. The van der Waals surface area contributed by atoms with Crippen molar-refractivity contribution in [3.05, 3.63) is 59.7 Å². The van der Waals surface area contributed by atoms with Crippen molar-refractivity contribution in [2.45, 2.75) is 26.7 Å². The second-order valence-electron chi connectivity index (χ2n) is 5.79. The van der Waals surface area contributed by atoms with E-state index in [0.717, 1.165) is 31.5 Å². The monoisotopic (exact) mass is 339 g/mol. The number of rotatable bonds is 8. The molecule has 5 heteroatoms. The summed E-state index contributed by atoms with van der Waals surface area (Å²) in [6, 6.07) is 14.5. The quantitative estimate of drug-likeness (QED) is 0.568. The predicted octanol–water partition coefficient (Wildman–Crippen LogP) is 3.78. The van der Waals surface area contributed by atoms with Crippen LogP contribution in [0.3, 0.4) is 0 Å². The lowest BCUT2D eigenvalue weighted by Gasteiger charge is -2.23. The highest BCUT2D eigenvalue weighted by atomic mass is 16.3. The van der Waals surface area contributed by atoms with Crippen LogP contribution in [-0.2, 0) is 0 Å². The minimum absolute atomic E-state index is 0.0634. The second kappa shape index (κ2) is 9.47. The summed E-state index contributed by atoms with van der Waals surface area (Å²) in [5.74, 6) is -0.505. The standard InChI is InChI=1S/C20H25N3O2/c1-3-13-23(14-4-2)17-11-9-16(10-12-17)15-21-22-20(25)18-7-5-6-8-19(18)24/h5-12,15,24H,3-4,13-14H2,1-2H3,(H,22,25). The van der Waals surface area contributed by atoms with Gasteiger partial charge in [0.2, 0.25) is 0 Å². The molecular weight excluding hydrogens is 314 g/mol. The molecule has 25 heavy (non-hydrogen) atoms. The van der Waals surface area contributed by atoms with E-state index in [1.807, 2.05) is 12.1 Å². The second-order valence-corrected chi connectivity index (χ2v) is 5.79. The van der Waals surface area contributed by atoms with Gasteiger partial charge in [-0.2, -0.15) is 5.10 Å². The zero-order valence-electron chi connectivity index (χ0n) is 14.8. The maximum absolute atomic E-state index is 12.0. The zero-order chi connectivity index (χ0) is 18.1. The van der Waals surface area contributed by atoms with Gasteiger partial charge in [-0.1, -0.05) is 38.1 Å². The van der Waals surface area contributed by atoms with Gasteiger partial charge >= 0.3 is 0 Å². The van der Waals surface area contributed by atoms with Crippen molar-refractivity contribution < 1.29 is 9.90 Å². The van der Waals surface area contributed by atoms with Crippen molar-refractivity contribution >= 4 is 17.8 Å². The van der Waals surface area contributed by atoms with Crippen molar-refractivity contribution in [2.75, 3.05) is 18.0 Å². The molecule has 0 aliphatic rings. The third-order valence-corrected chi connectivity index (χ3v) is 3.77. The van der Waals surface area contributed by atoms with E-state index in [4.69, 9.17) is 0 Å². The number of nitrogens with one attached hydrogen (secondary N) is 1. The van der Waals surface area contributed by atoms with E-state index < -0.39 is 5.91 Å². The van der Waals surface area contributed by atoms with E-state index in [-0.39, 0.29) is 11.3 Å². The number of nitrogens with zero attached hydrogens (tertiary/aromatic N) is 2. The Morgan fingerprint density at radius 2 is 1.72 bits per heavy atom. The third kappa shape index (κ3) is 5.35. The summed E-state index contributed by atoms with van der Waals surface area (Å²) in [6.45, 7) is 6.43. The summed E-state index contributed by atoms with van der Waals surface area (Å²) in [7, 11) is 0. The average molecular weight is 339 g/mol. The third-order valence-electron chi connectivity index (χ3n) is 3.77. The number of anilines is 1. The molecule has 0 bridgehead atoms. The van der Waals surface area contributed by atoms with Crippen LogP contribution in [0.15, 0.2) is 53.6 Å². The van der Waals surface area contributed by atoms with Gasteiger partial charge in [-0.15, -0.1) is 0 Å². The number of benzene rings is 2. The van der Waals surface area contributed by atoms with Crippen LogP contribution in [0, 0.1) is 0 Å². The molecule has 0 radical (unpaired) electrons. The lowest BCUT2D eigenvalue weighted by atomic mass is 10.2. The molecule has 0 unspecified atom stereocenters. The molecule has 0 aliphatic heterocycles. The predicted molar refractivity (Wildman–Crippen MR) is 102 cm³/mol. The van der Waals surface area contributed by atoms with E-state index >= 15 is 0 Å². The Kier molecular flexibility index (Phi) is 7.01. The van der Waals surface area contributed by atoms with Gasteiger partial charge in [0.15, 0.2) is 0 Å². The Morgan fingerprint density at radius 3 is 2.32 bits per heavy atom. The Hall–Kier alpha value is -2.82. The van der Waals surface area contributed by atoms with Crippen molar-refractivity contribution in [2.24, 2.45) is 5.10 Å². The van der Waals surface area contributed by atoms with Crippen LogP contribution in [0.25, 0.3) is 0 Å². The number of aromatic hydroxyl groups is 1. The molecule has 2 aromatic rings. The molecule has 0 heterocycles. The normalized spacial score (nSPS) is 10.8. The molecule has 0 saturated heterocycles. The summed E-state index contributed by atoms with van der Waals surface area (Å²) < 4.78 is 0. The van der Waals surface area contributed by atoms with Crippen molar-refractivity contribution in [3.8, 4) is 5.75 Å². The van der Waals surface area contributed by atoms with E-state index in [2.05, 4.69) is 41.4 Å². The SMILES string of the molecule is CCCN(CCC)c1ccc(C=NNC(=O)c2ccccc2O)cc1. The average Bonchev–Trinajstić information content (AvgIpc) is 2.62. The van der Waals surface area contributed by atoms with E-state index in [1.54, 1.807) is 24.4 Å². The van der Waals surface area contributed by atoms with Crippen molar-refractivity contribution in [3.63, 3.8) is 0 Å². The fourth-order valence-corrected chi connectivity index (χ4v) is 2.57. The first kappa shape index (κ1) is 18.5. The van der Waals surface area contributed by atoms with Crippen molar-refractivity contribution in [1.29, 1.82) is 0 Å². The largest absolute Gasteiger partial charge is 0.507 e.